The van der Waals surface area contributed by atoms with E-state index < -0.39 is 0 Å². The van der Waals surface area contributed by atoms with Gasteiger partial charge in [0, 0.05) is 6.04 Å². The summed E-state index contributed by atoms with van der Waals surface area (Å²) in [6.07, 6.45) is 6.84. The molecule has 0 rings (SSSR count). The molecule has 0 radical (unpaired) electrons. The maximum absolute atomic E-state index is 3.25. The van der Waals surface area contributed by atoms with Gasteiger partial charge in [-0.15, -0.1) is 0 Å². The van der Waals surface area contributed by atoms with Crippen LogP contribution in [0, 0.1) is 5.92 Å². The van der Waals surface area contributed by atoms with Gasteiger partial charge < -0.3 is 5.32 Å². The molecule has 0 amide bonds. The lowest BCUT2D eigenvalue weighted by molar-refractivity contribution is 0.445. The predicted octanol–water partition coefficient (Wildman–Crippen LogP) is 2.59. The van der Waals surface area contributed by atoms with Crippen LogP contribution < -0.4 is 5.32 Å². The van der Waals surface area contributed by atoms with E-state index in [1.54, 1.807) is 0 Å². The minimum absolute atomic E-state index is 0.648. The van der Waals surface area contributed by atoms with Gasteiger partial charge in [0.05, 0.1) is 0 Å². The molecular weight excluding hydrogens is 134 g/mol. The molecule has 11 heavy (non-hydrogen) atoms. The quantitative estimate of drug-likeness (QED) is 0.602. The van der Waals surface area contributed by atoms with Gasteiger partial charge in [-0.25, -0.2) is 0 Å². The van der Waals surface area contributed by atoms with E-state index in [9.17, 15) is 0 Å². The summed E-state index contributed by atoms with van der Waals surface area (Å²) >= 11 is 0. The van der Waals surface area contributed by atoms with E-state index >= 15 is 0 Å². The van der Waals surface area contributed by atoms with Gasteiger partial charge in [-0.3, -0.25) is 0 Å². The summed E-state index contributed by atoms with van der Waals surface area (Å²) in [6, 6.07) is 0.648. The van der Waals surface area contributed by atoms with Crippen molar-refractivity contribution in [3.63, 3.8) is 0 Å². The number of allylic oxidation sites excluding steroid dienone is 2. The first-order valence-corrected chi connectivity index (χ1v) is 4.49. The number of rotatable bonds is 5. The molecule has 0 saturated heterocycles. The highest BCUT2D eigenvalue weighted by Crippen LogP contribution is 2.10. The van der Waals surface area contributed by atoms with Crippen LogP contribution >= 0.6 is 0 Å². The Morgan fingerprint density at radius 3 is 2.45 bits per heavy atom. The SMILES string of the molecule is C/C=C/CC(C)CC(C)NC. The zero-order valence-electron chi connectivity index (χ0n) is 8.22. The predicted molar refractivity (Wildman–Crippen MR) is 51.7 cm³/mol. The van der Waals surface area contributed by atoms with Gasteiger partial charge in [-0.2, -0.15) is 0 Å². The van der Waals surface area contributed by atoms with Crippen molar-refractivity contribution in [2.24, 2.45) is 5.92 Å². The molecule has 0 saturated carbocycles. The zero-order valence-corrected chi connectivity index (χ0v) is 8.22. The standard InChI is InChI=1S/C10H21N/c1-5-6-7-9(2)8-10(3)11-4/h5-6,9-11H,7-8H2,1-4H3/b6-5+. The van der Waals surface area contributed by atoms with Gasteiger partial charge in [0.2, 0.25) is 0 Å². The van der Waals surface area contributed by atoms with Crippen LogP contribution in [-0.4, -0.2) is 13.1 Å². The summed E-state index contributed by atoms with van der Waals surface area (Å²) in [5, 5.41) is 3.25. The Labute approximate surface area is 70.9 Å². The monoisotopic (exact) mass is 155 g/mol. The second-order valence-corrected chi connectivity index (χ2v) is 3.34. The molecule has 0 aliphatic rings. The van der Waals surface area contributed by atoms with Crippen LogP contribution in [0.25, 0.3) is 0 Å². The first-order chi connectivity index (χ1) is 5.20. The maximum Gasteiger partial charge on any atom is 0.00383 e. The lowest BCUT2D eigenvalue weighted by Crippen LogP contribution is -2.23. The van der Waals surface area contributed by atoms with Crippen molar-refractivity contribution in [3.8, 4) is 0 Å². The first kappa shape index (κ1) is 10.7. The molecule has 2 atom stereocenters. The Morgan fingerprint density at radius 2 is 2.00 bits per heavy atom. The van der Waals surface area contributed by atoms with Crippen LogP contribution in [-0.2, 0) is 0 Å². The molecule has 0 heterocycles. The summed E-state index contributed by atoms with van der Waals surface area (Å²) in [4.78, 5) is 0. The first-order valence-electron chi connectivity index (χ1n) is 4.49. The van der Waals surface area contributed by atoms with Crippen LogP contribution in [0.3, 0.4) is 0 Å². The number of hydrogen-bond acceptors (Lipinski definition) is 1. The molecule has 0 aromatic rings. The second-order valence-electron chi connectivity index (χ2n) is 3.34. The Balaban J connectivity index is 3.42. The van der Waals surface area contributed by atoms with Crippen molar-refractivity contribution < 1.29 is 0 Å². The largest absolute Gasteiger partial charge is 0.317 e. The molecule has 0 aliphatic carbocycles. The highest BCUT2D eigenvalue weighted by atomic mass is 14.8. The molecule has 2 unspecified atom stereocenters. The van der Waals surface area contributed by atoms with Crippen LogP contribution in [0.4, 0.5) is 0 Å². The van der Waals surface area contributed by atoms with Crippen molar-refractivity contribution in [2.45, 2.75) is 39.7 Å². The number of hydrogen-bond donors (Lipinski definition) is 1. The zero-order chi connectivity index (χ0) is 8.69. The van der Waals surface area contributed by atoms with Gasteiger partial charge >= 0.3 is 0 Å². The van der Waals surface area contributed by atoms with Crippen LogP contribution in [0.15, 0.2) is 12.2 Å². The molecular formula is C10H21N. The third-order valence-electron chi connectivity index (χ3n) is 2.02. The lowest BCUT2D eigenvalue weighted by atomic mass is 9.99. The van der Waals surface area contributed by atoms with E-state index in [-0.39, 0.29) is 0 Å². The van der Waals surface area contributed by atoms with E-state index in [2.05, 4.69) is 38.2 Å². The van der Waals surface area contributed by atoms with E-state index in [4.69, 9.17) is 0 Å². The van der Waals surface area contributed by atoms with Crippen molar-refractivity contribution in [1.82, 2.24) is 5.32 Å². The second kappa shape index (κ2) is 6.41. The fourth-order valence-corrected chi connectivity index (χ4v) is 1.19. The van der Waals surface area contributed by atoms with Gasteiger partial charge in [0.25, 0.3) is 0 Å². The fourth-order valence-electron chi connectivity index (χ4n) is 1.19. The van der Waals surface area contributed by atoms with E-state index in [0.29, 0.717) is 6.04 Å². The van der Waals surface area contributed by atoms with Crippen molar-refractivity contribution in [2.75, 3.05) is 7.05 Å². The highest BCUT2D eigenvalue weighted by molar-refractivity contribution is 4.80. The van der Waals surface area contributed by atoms with Gasteiger partial charge in [-0.05, 0) is 39.7 Å². The molecule has 1 heteroatoms. The summed E-state index contributed by atoms with van der Waals surface area (Å²) in [7, 11) is 2.02. The van der Waals surface area contributed by atoms with Crippen LogP contribution in [0.2, 0.25) is 0 Å². The lowest BCUT2D eigenvalue weighted by Gasteiger charge is -2.14. The maximum atomic E-state index is 3.25. The van der Waals surface area contributed by atoms with Gasteiger partial charge in [0.15, 0.2) is 0 Å². The number of nitrogens with one attached hydrogen (secondary N) is 1. The van der Waals surface area contributed by atoms with E-state index in [1.165, 1.54) is 12.8 Å². The third kappa shape index (κ3) is 6.11. The van der Waals surface area contributed by atoms with Crippen LogP contribution in [0.5, 0.6) is 0 Å². The third-order valence-corrected chi connectivity index (χ3v) is 2.02. The normalized spacial score (nSPS) is 17.1. The summed E-state index contributed by atoms with van der Waals surface area (Å²) in [5.74, 6) is 0.800. The Hall–Kier alpha value is -0.300. The highest BCUT2D eigenvalue weighted by Gasteiger charge is 2.04. The Kier molecular flexibility index (Phi) is 6.24. The molecule has 0 aliphatic heterocycles. The molecule has 1 N–H and O–H groups in total. The van der Waals surface area contributed by atoms with Crippen molar-refractivity contribution in [3.05, 3.63) is 12.2 Å². The van der Waals surface area contributed by atoms with Crippen LogP contribution in [0.1, 0.15) is 33.6 Å². The average molecular weight is 155 g/mol. The molecule has 1 nitrogen and oxygen atoms in total. The van der Waals surface area contributed by atoms with Gasteiger partial charge in [0.1, 0.15) is 0 Å². The van der Waals surface area contributed by atoms with Gasteiger partial charge in [-0.1, -0.05) is 19.1 Å². The Bertz CT molecular complexity index is 107. The molecule has 0 aromatic heterocycles. The summed E-state index contributed by atoms with van der Waals surface area (Å²) in [6.45, 7) is 6.61. The van der Waals surface area contributed by atoms with Crippen molar-refractivity contribution >= 4 is 0 Å². The Morgan fingerprint density at radius 1 is 1.36 bits per heavy atom. The topological polar surface area (TPSA) is 12.0 Å². The smallest absolute Gasteiger partial charge is 0.00383 e. The molecule has 0 aromatic carbocycles. The molecule has 66 valence electrons. The summed E-state index contributed by atoms with van der Waals surface area (Å²) < 4.78 is 0. The fraction of sp³-hybridized carbons (Fsp3) is 0.800. The minimum atomic E-state index is 0.648. The molecule has 0 fully saturated rings. The molecule has 0 bridgehead atoms. The van der Waals surface area contributed by atoms with Crippen molar-refractivity contribution in [1.29, 1.82) is 0 Å². The molecule has 0 spiro atoms. The average Bonchev–Trinajstić information content (AvgIpc) is 2.00. The minimum Gasteiger partial charge on any atom is -0.317 e. The summed E-state index contributed by atoms with van der Waals surface area (Å²) in [5.41, 5.74) is 0. The van der Waals surface area contributed by atoms with E-state index in [1.807, 2.05) is 7.05 Å². The van der Waals surface area contributed by atoms with E-state index in [0.717, 1.165) is 5.92 Å².